The van der Waals surface area contributed by atoms with Crippen molar-refractivity contribution >= 4 is 28.4 Å². The molecule has 1 aliphatic rings. The average molecular weight is 389 g/mol. The van der Waals surface area contributed by atoms with E-state index in [1.165, 1.54) is 0 Å². The largest absolute Gasteiger partial charge is 0.394 e. The van der Waals surface area contributed by atoms with E-state index in [0.717, 1.165) is 6.20 Å². The molecule has 1 aliphatic heterocycles. The summed E-state index contributed by atoms with van der Waals surface area (Å²) in [5.41, 5.74) is 4.37. The lowest BCUT2D eigenvalue weighted by Crippen LogP contribution is -2.42. The summed E-state index contributed by atoms with van der Waals surface area (Å²) < 4.78 is 33.3. The van der Waals surface area contributed by atoms with Crippen molar-refractivity contribution < 1.29 is 23.7 Å². The second-order valence-corrected chi connectivity index (χ2v) is 5.15. The van der Waals surface area contributed by atoms with E-state index in [2.05, 4.69) is 4.98 Å². The number of hydrogen-bond acceptors (Lipinski definition) is 6. The van der Waals surface area contributed by atoms with Crippen molar-refractivity contribution in [2.45, 2.75) is 24.4 Å². The highest BCUT2D eigenvalue weighted by Gasteiger charge is 2.59. The van der Waals surface area contributed by atoms with Gasteiger partial charge in [-0.15, -0.1) is 0 Å². The number of aliphatic hydroxyl groups is 2. The minimum absolute atomic E-state index is 0.0811. The second-order valence-electron chi connectivity index (χ2n) is 3.99. The van der Waals surface area contributed by atoms with E-state index in [4.69, 9.17) is 15.6 Å². The number of halogens is 3. The first-order chi connectivity index (χ1) is 8.78. The van der Waals surface area contributed by atoms with Gasteiger partial charge >= 0.3 is 11.6 Å². The van der Waals surface area contributed by atoms with Gasteiger partial charge in [-0.05, 0) is 22.6 Å². The van der Waals surface area contributed by atoms with Crippen LogP contribution >= 0.6 is 22.6 Å². The minimum atomic E-state index is -3.72. The van der Waals surface area contributed by atoms with E-state index in [-0.39, 0.29) is 5.82 Å². The molecule has 0 saturated carbocycles. The fourth-order valence-corrected chi connectivity index (χ4v) is 2.16. The predicted octanol–water partition coefficient (Wildman–Crippen LogP) is -0.684. The number of aromatic nitrogens is 2. The van der Waals surface area contributed by atoms with Crippen molar-refractivity contribution in [3.05, 3.63) is 20.3 Å². The topological polar surface area (TPSA) is 111 Å². The molecule has 1 aromatic heterocycles. The fourth-order valence-electron chi connectivity index (χ4n) is 1.74. The number of nitrogen functional groups attached to an aromatic ring is 1. The van der Waals surface area contributed by atoms with Gasteiger partial charge in [0.2, 0.25) is 6.23 Å². The van der Waals surface area contributed by atoms with E-state index >= 15 is 0 Å². The van der Waals surface area contributed by atoms with Crippen LogP contribution < -0.4 is 11.4 Å². The number of hydrogen-bond donors (Lipinski definition) is 3. The van der Waals surface area contributed by atoms with Crippen LogP contribution in [0, 0.1) is 3.57 Å². The van der Waals surface area contributed by atoms with Crippen LogP contribution in [-0.4, -0.2) is 44.5 Å². The summed E-state index contributed by atoms with van der Waals surface area (Å²) in [6.45, 7) is -0.790. The highest BCUT2D eigenvalue weighted by Crippen LogP contribution is 2.42. The van der Waals surface area contributed by atoms with Gasteiger partial charge in [-0.2, -0.15) is 13.8 Å². The number of ether oxygens (including phenoxy) is 1. The van der Waals surface area contributed by atoms with Gasteiger partial charge in [0.15, 0.2) is 6.10 Å². The van der Waals surface area contributed by atoms with Crippen molar-refractivity contribution in [3.63, 3.8) is 0 Å². The van der Waals surface area contributed by atoms with Crippen molar-refractivity contribution in [2.75, 3.05) is 12.3 Å². The van der Waals surface area contributed by atoms with E-state index in [1.807, 2.05) is 0 Å². The molecular formula is C9H10F2IN3O4. The molecule has 1 saturated heterocycles. The molecule has 0 unspecified atom stereocenters. The van der Waals surface area contributed by atoms with Gasteiger partial charge < -0.3 is 20.7 Å². The van der Waals surface area contributed by atoms with Crippen LogP contribution in [0.1, 0.15) is 6.23 Å². The maximum Gasteiger partial charge on any atom is 0.351 e. The Bertz CT molecular complexity index is 553. The van der Waals surface area contributed by atoms with Crippen LogP contribution in [0.5, 0.6) is 0 Å². The van der Waals surface area contributed by atoms with Gasteiger partial charge in [-0.1, -0.05) is 0 Å². The zero-order valence-corrected chi connectivity index (χ0v) is 11.5. The molecule has 10 heteroatoms. The molecule has 4 N–H and O–H groups in total. The zero-order chi connectivity index (χ0) is 14.4. The van der Waals surface area contributed by atoms with Gasteiger partial charge in [0.05, 0.1) is 10.2 Å². The highest BCUT2D eigenvalue weighted by atomic mass is 127. The van der Waals surface area contributed by atoms with Gasteiger partial charge in [0, 0.05) is 6.20 Å². The predicted molar refractivity (Wildman–Crippen MR) is 67.6 cm³/mol. The number of rotatable bonds is 2. The van der Waals surface area contributed by atoms with E-state index in [1.54, 1.807) is 22.6 Å². The number of nitrogens with zero attached hydrogens (tertiary/aromatic N) is 2. The first-order valence-electron chi connectivity index (χ1n) is 5.15. The number of alkyl halides is 2. The SMILES string of the molecule is Nc1nc(=O)n([C@@H]2O[C@@H](CO)[C@H](O)C2(F)F)cc1I. The summed E-state index contributed by atoms with van der Waals surface area (Å²) in [5, 5.41) is 18.2. The second kappa shape index (κ2) is 4.92. The molecule has 106 valence electrons. The van der Waals surface area contributed by atoms with Crippen molar-refractivity contribution in [3.8, 4) is 0 Å². The summed E-state index contributed by atoms with van der Waals surface area (Å²) in [6, 6.07) is 0. The summed E-state index contributed by atoms with van der Waals surface area (Å²) >= 11 is 1.73. The van der Waals surface area contributed by atoms with E-state index in [0.29, 0.717) is 8.14 Å². The van der Waals surface area contributed by atoms with Crippen LogP contribution in [-0.2, 0) is 4.74 Å². The van der Waals surface area contributed by atoms with Crippen LogP contribution in [0.25, 0.3) is 0 Å². The maximum atomic E-state index is 13.8. The maximum absolute atomic E-state index is 13.8. The Morgan fingerprint density at radius 1 is 1.63 bits per heavy atom. The first kappa shape index (κ1) is 14.6. The summed E-state index contributed by atoms with van der Waals surface area (Å²) in [4.78, 5) is 15.0. The highest BCUT2D eigenvalue weighted by molar-refractivity contribution is 14.1. The summed E-state index contributed by atoms with van der Waals surface area (Å²) in [6.07, 6.45) is -4.64. The molecular weight excluding hydrogens is 379 g/mol. The Morgan fingerprint density at radius 2 is 2.26 bits per heavy atom. The zero-order valence-electron chi connectivity index (χ0n) is 9.33. The van der Waals surface area contributed by atoms with Gasteiger partial charge in [-0.3, -0.25) is 4.57 Å². The quantitative estimate of drug-likeness (QED) is 0.578. The summed E-state index contributed by atoms with van der Waals surface area (Å²) in [7, 11) is 0. The van der Waals surface area contributed by atoms with Gasteiger partial charge in [-0.25, -0.2) is 4.79 Å². The van der Waals surface area contributed by atoms with Crippen LogP contribution in [0.2, 0.25) is 0 Å². The monoisotopic (exact) mass is 389 g/mol. The number of nitrogens with two attached hydrogens (primary N) is 1. The fraction of sp³-hybridized carbons (Fsp3) is 0.556. The molecule has 3 atom stereocenters. The molecule has 0 aromatic carbocycles. The first-order valence-corrected chi connectivity index (χ1v) is 6.23. The molecule has 0 radical (unpaired) electrons. The lowest BCUT2D eigenvalue weighted by molar-refractivity contribution is -0.141. The Morgan fingerprint density at radius 3 is 2.79 bits per heavy atom. The minimum Gasteiger partial charge on any atom is -0.394 e. The third-order valence-corrected chi connectivity index (χ3v) is 3.58. The number of aliphatic hydroxyl groups excluding tert-OH is 2. The van der Waals surface area contributed by atoms with Crippen molar-refractivity contribution in [1.29, 1.82) is 0 Å². The Balaban J connectivity index is 2.48. The molecule has 2 heterocycles. The molecule has 19 heavy (non-hydrogen) atoms. The lowest BCUT2D eigenvalue weighted by Gasteiger charge is -2.21. The van der Waals surface area contributed by atoms with Crippen molar-refractivity contribution in [1.82, 2.24) is 9.55 Å². The molecule has 0 amide bonds. The molecule has 0 aliphatic carbocycles. The number of anilines is 1. The Hall–Kier alpha value is -0.850. The Labute approximate surface area is 119 Å². The molecule has 1 aromatic rings. The third kappa shape index (κ3) is 2.32. The summed E-state index contributed by atoms with van der Waals surface area (Å²) in [5.74, 6) is -3.81. The standard InChI is InChI=1S/C9H10F2IN3O4/c10-9(11)5(17)4(2-16)19-7(9)15-1-3(12)6(13)14-8(15)18/h1,4-5,7,16-17H,2H2,(H2,13,14,18)/t4-,5-,7+/m0/s1. The third-order valence-electron chi connectivity index (χ3n) is 2.75. The van der Waals surface area contributed by atoms with Crippen LogP contribution in [0.3, 0.4) is 0 Å². The smallest absolute Gasteiger partial charge is 0.351 e. The Kier molecular flexibility index (Phi) is 3.77. The van der Waals surface area contributed by atoms with E-state index < -0.39 is 36.7 Å². The van der Waals surface area contributed by atoms with Crippen LogP contribution in [0.15, 0.2) is 11.0 Å². The van der Waals surface area contributed by atoms with Crippen LogP contribution in [0.4, 0.5) is 14.6 Å². The molecule has 2 rings (SSSR count). The molecule has 1 fully saturated rings. The molecule has 0 spiro atoms. The normalized spacial score (nSPS) is 29.6. The van der Waals surface area contributed by atoms with Gasteiger partial charge in [0.25, 0.3) is 0 Å². The lowest BCUT2D eigenvalue weighted by atomic mass is 10.1. The average Bonchev–Trinajstić information content (AvgIpc) is 2.56. The van der Waals surface area contributed by atoms with Gasteiger partial charge in [0.1, 0.15) is 11.9 Å². The van der Waals surface area contributed by atoms with E-state index in [9.17, 15) is 18.7 Å². The molecule has 0 bridgehead atoms. The molecule has 7 nitrogen and oxygen atoms in total. The van der Waals surface area contributed by atoms with Crippen molar-refractivity contribution in [2.24, 2.45) is 0 Å².